The fourth-order valence-corrected chi connectivity index (χ4v) is 2.41. The molecule has 1 unspecified atom stereocenters. The SMILES string of the molecule is CC(CN(C)C(=O)c1ccccc1OCc1ccc(Cl)cc1)C(=O)O. The van der Waals surface area contributed by atoms with Gasteiger partial charge in [0, 0.05) is 18.6 Å². The first-order valence-corrected chi connectivity index (χ1v) is 8.21. The molecule has 0 aliphatic carbocycles. The predicted octanol–water partition coefficient (Wildman–Crippen LogP) is 3.71. The number of ether oxygens (including phenoxy) is 1. The van der Waals surface area contributed by atoms with Gasteiger partial charge in [-0.3, -0.25) is 9.59 Å². The number of carbonyl (C=O) groups excluding carboxylic acids is 1. The van der Waals surface area contributed by atoms with Crippen molar-refractivity contribution in [1.29, 1.82) is 0 Å². The van der Waals surface area contributed by atoms with Gasteiger partial charge in [-0.25, -0.2) is 0 Å². The molecule has 0 saturated heterocycles. The van der Waals surface area contributed by atoms with Crippen molar-refractivity contribution in [3.63, 3.8) is 0 Å². The number of carboxylic acid groups (broad SMARTS) is 1. The molecule has 1 N–H and O–H groups in total. The molecule has 25 heavy (non-hydrogen) atoms. The molecule has 0 saturated carbocycles. The number of hydrogen-bond donors (Lipinski definition) is 1. The third-order valence-corrected chi connectivity index (χ3v) is 3.99. The minimum atomic E-state index is -0.938. The van der Waals surface area contributed by atoms with Crippen LogP contribution in [-0.2, 0) is 11.4 Å². The van der Waals surface area contributed by atoms with E-state index < -0.39 is 11.9 Å². The van der Waals surface area contributed by atoms with Crippen LogP contribution in [0.25, 0.3) is 0 Å². The minimum absolute atomic E-state index is 0.125. The lowest BCUT2D eigenvalue weighted by molar-refractivity contribution is -0.141. The number of nitrogens with zero attached hydrogens (tertiary/aromatic N) is 1. The van der Waals surface area contributed by atoms with E-state index in [4.69, 9.17) is 21.4 Å². The van der Waals surface area contributed by atoms with E-state index in [-0.39, 0.29) is 12.5 Å². The van der Waals surface area contributed by atoms with Gasteiger partial charge in [-0.15, -0.1) is 0 Å². The first-order valence-electron chi connectivity index (χ1n) is 7.83. The Bertz CT molecular complexity index is 745. The molecule has 0 radical (unpaired) electrons. The highest BCUT2D eigenvalue weighted by atomic mass is 35.5. The van der Waals surface area contributed by atoms with E-state index in [9.17, 15) is 9.59 Å². The topological polar surface area (TPSA) is 66.8 Å². The van der Waals surface area contributed by atoms with Gasteiger partial charge < -0.3 is 14.7 Å². The monoisotopic (exact) mass is 361 g/mol. The van der Waals surface area contributed by atoms with Crippen LogP contribution in [-0.4, -0.2) is 35.5 Å². The summed E-state index contributed by atoms with van der Waals surface area (Å²) in [6.07, 6.45) is 0. The summed E-state index contributed by atoms with van der Waals surface area (Å²) in [7, 11) is 1.58. The normalized spacial score (nSPS) is 11.6. The van der Waals surface area contributed by atoms with Gasteiger partial charge in [0.15, 0.2) is 0 Å². The standard InChI is InChI=1S/C19H20ClNO4/c1-13(19(23)24)11-21(2)18(22)16-5-3-4-6-17(16)25-12-14-7-9-15(20)10-8-14/h3-10,13H,11-12H2,1-2H3,(H,23,24). The number of carbonyl (C=O) groups is 2. The van der Waals surface area contributed by atoms with Crippen LogP contribution in [0.15, 0.2) is 48.5 Å². The van der Waals surface area contributed by atoms with Gasteiger partial charge in [0.1, 0.15) is 12.4 Å². The lowest BCUT2D eigenvalue weighted by Gasteiger charge is -2.21. The van der Waals surface area contributed by atoms with Crippen LogP contribution in [0.5, 0.6) is 5.75 Å². The maximum atomic E-state index is 12.6. The maximum Gasteiger partial charge on any atom is 0.308 e. The first-order chi connectivity index (χ1) is 11.9. The van der Waals surface area contributed by atoms with Gasteiger partial charge >= 0.3 is 5.97 Å². The quantitative estimate of drug-likeness (QED) is 0.816. The average molecular weight is 362 g/mol. The number of hydrogen-bond acceptors (Lipinski definition) is 3. The highest BCUT2D eigenvalue weighted by Gasteiger charge is 2.21. The summed E-state index contributed by atoms with van der Waals surface area (Å²) < 4.78 is 5.78. The predicted molar refractivity (Wildman–Crippen MR) is 96.0 cm³/mol. The molecule has 2 aromatic carbocycles. The van der Waals surface area contributed by atoms with Gasteiger partial charge in [-0.2, -0.15) is 0 Å². The summed E-state index contributed by atoms with van der Waals surface area (Å²) in [5, 5.41) is 9.64. The molecule has 5 nitrogen and oxygen atoms in total. The summed E-state index contributed by atoms with van der Waals surface area (Å²) in [5.74, 6) is -1.40. The Morgan fingerprint density at radius 3 is 2.44 bits per heavy atom. The highest BCUT2D eigenvalue weighted by molar-refractivity contribution is 6.30. The van der Waals surface area contributed by atoms with Gasteiger partial charge in [0.2, 0.25) is 0 Å². The molecule has 1 atom stereocenters. The molecule has 132 valence electrons. The van der Waals surface area contributed by atoms with E-state index in [0.717, 1.165) is 5.56 Å². The van der Waals surface area contributed by atoms with Crippen LogP contribution in [0.2, 0.25) is 5.02 Å². The summed E-state index contributed by atoms with van der Waals surface area (Å²) in [4.78, 5) is 25.0. The molecule has 0 aliphatic rings. The number of benzene rings is 2. The minimum Gasteiger partial charge on any atom is -0.488 e. The Labute approximate surface area is 151 Å². The molecule has 1 amide bonds. The number of rotatable bonds is 7. The van der Waals surface area contributed by atoms with E-state index in [2.05, 4.69) is 0 Å². The van der Waals surface area contributed by atoms with Gasteiger partial charge in [-0.05, 0) is 29.8 Å². The van der Waals surface area contributed by atoms with Crippen LogP contribution < -0.4 is 4.74 Å². The van der Waals surface area contributed by atoms with E-state index in [0.29, 0.717) is 22.9 Å². The van der Waals surface area contributed by atoms with E-state index in [1.54, 1.807) is 50.4 Å². The molecule has 0 aromatic heterocycles. The van der Waals surface area contributed by atoms with Crippen molar-refractivity contribution >= 4 is 23.5 Å². The zero-order chi connectivity index (χ0) is 18.4. The van der Waals surface area contributed by atoms with Crippen LogP contribution in [0.1, 0.15) is 22.8 Å². The molecule has 0 spiro atoms. The molecule has 0 aliphatic heterocycles. The summed E-state index contributed by atoms with van der Waals surface area (Å²) in [6, 6.07) is 14.2. The molecular weight excluding hydrogens is 342 g/mol. The van der Waals surface area contributed by atoms with Gasteiger partial charge in [0.05, 0.1) is 11.5 Å². The van der Waals surface area contributed by atoms with Crippen LogP contribution >= 0.6 is 11.6 Å². The average Bonchev–Trinajstić information content (AvgIpc) is 2.60. The maximum absolute atomic E-state index is 12.6. The smallest absolute Gasteiger partial charge is 0.308 e. The van der Waals surface area contributed by atoms with Gasteiger partial charge in [0.25, 0.3) is 5.91 Å². The summed E-state index contributed by atoms with van der Waals surface area (Å²) in [6.45, 7) is 1.99. The Balaban J connectivity index is 2.09. The third-order valence-electron chi connectivity index (χ3n) is 3.74. The second kappa shape index (κ2) is 8.53. The van der Waals surface area contributed by atoms with Crippen molar-refractivity contribution in [2.24, 2.45) is 5.92 Å². The largest absolute Gasteiger partial charge is 0.488 e. The fourth-order valence-electron chi connectivity index (χ4n) is 2.29. The molecule has 2 aromatic rings. The second-order valence-electron chi connectivity index (χ2n) is 5.84. The lowest BCUT2D eigenvalue weighted by atomic mass is 10.1. The number of amides is 1. The Morgan fingerprint density at radius 2 is 1.80 bits per heavy atom. The van der Waals surface area contributed by atoms with Crippen molar-refractivity contribution in [3.05, 3.63) is 64.7 Å². The van der Waals surface area contributed by atoms with E-state index >= 15 is 0 Å². The lowest BCUT2D eigenvalue weighted by Crippen LogP contribution is -2.33. The molecule has 2 rings (SSSR count). The molecule has 0 fully saturated rings. The van der Waals surface area contributed by atoms with Crippen molar-refractivity contribution in [3.8, 4) is 5.75 Å². The van der Waals surface area contributed by atoms with Crippen molar-refractivity contribution < 1.29 is 19.4 Å². The number of para-hydroxylation sites is 1. The molecule has 0 bridgehead atoms. The molecule has 0 heterocycles. The zero-order valence-corrected chi connectivity index (χ0v) is 14.9. The van der Waals surface area contributed by atoms with Crippen molar-refractivity contribution in [1.82, 2.24) is 4.90 Å². The van der Waals surface area contributed by atoms with Crippen LogP contribution in [0.4, 0.5) is 0 Å². The van der Waals surface area contributed by atoms with Crippen LogP contribution in [0.3, 0.4) is 0 Å². The van der Waals surface area contributed by atoms with Crippen LogP contribution in [0, 0.1) is 5.92 Å². The Hall–Kier alpha value is -2.53. The summed E-state index contributed by atoms with van der Waals surface area (Å²) in [5.41, 5.74) is 1.33. The second-order valence-corrected chi connectivity index (χ2v) is 6.27. The Morgan fingerprint density at radius 1 is 1.16 bits per heavy atom. The van der Waals surface area contributed by atoms with E-state index in [1.807, 2.05) is 12.1 Å². The number of halogens is 1. The van der Waals surface area contributed by atoms with E-state index in [1.165, 1.54) is 4.90 Å². The van der Waals surface area contributed by atoms with Crippen molar-refractivity contribution in [2.45, 2.75) is 13.5 Å². The summed E-state index contributed by atoms with van der Waals surface area (Å²) >= 11 is 5.86. The fraction of sp³-hybridized carbons (Fsp3) is 0.263. The Kier molecular flexibility index (Phi) is 6.42. The number of aliphatic carboxylic acids is 1. The molecule has 6 heteroatoms. The number of carboxylic acids is 1. The first kappa shape index (κ1) is 18.8. The highest BCUT2D eigenvalue weighted by Crippen LogP contribution is 2.21. The molecular formula is C19H20ClNO4. The van der Waals surface area contributed by atoms with Crippen molar-refractivity contribution in [2.75, 3.05) is 13.6 Å². The zero-order valence-electron chi connectivity index (χ0n) is 14.1. The van der Waals surface area contributed by atoms with Gasteiger partial charge in [-0.1, -0.05) is 42.8 Å². The third kappa shape index (κ3) is 5.22.